The average molecular weight is 298 g/mol. The fourth-order valence-electron chi connectivity index (χ4n) is 3.07. The maximum atomic E-state index is 11.7. The maximum Gasteiger partial charge on any atom is 0.314 e. The lowest BCUT2D eigenvalue weighted by molar-refractivity contribution is -0.137. The summed E-state index contributed by atoms with van der Waals surface area (Å²) in [5.41, 5.74) is 0.328. The summed E-state index contributed by atoms with van der Waals surface area (Å²) in [6, 6.07) is -0.0692. The van der Waals surface area contributed by atoms with Crippen LogP contribution in [0.25, 0.3) is 0 Å². The van der Waals surface area contributed by atoms with Gasteiger partial charge in [0.05, 0.1) is 0 Å². The van der Waals surface area contributed by atoms with Gasteiger partial charge in [0, 0.05) is 19.5 Å². The Morgan fingerprint density at radius 2 is 1.71 bits per heavy atom. The molecule has 0 aromatic heterocycles. The van der Waals surface area contributed by atoms with E-state index in [1.807, 2.05) is 0 Å². The summed E-state index contributed by atoms with van der Waals surface area (Å²) in [5, 5.41) is 14.4. The van der Waals surface area contributed by atoms with Gasteiger partial charge in [-0.1, -0.05) is 32.6 Å². The molecule has 122 valence electrons. The van der Waals surface area contributed by atoms with Gasteiger partial charge in [-0.3, -0.25) is 4.79 Å². The molecule has 0 spiro atoms. The lowest BCUT2D eigenvalue weighted by atomic mass is 9.83. The van der Waals surface area contributed by atoms with Gasteiger partial charge in [0.25, 0.3) is 0 Å². The largest absolute Gasteiger partial charge is 0.481 e. The molecule has 0 radical (unpaired) electrons. The Hall–Kier alpha value is -1.26. The van der Waals surface area contributed by atoms with Crippen LogP contribution in [0.15, 0.2) is 0 Å². The second-order valence-electron chi connectivity index (χ2n) is 6.23. The van der Waals surface area contributed by atoms with Crippen LogP contribution in [0.4, 0.5) is 4.79 Å². The van der Waals surface area contributed by atoms with Crippen molar-refractivity contribution < 1.29 is 14.7 Å². The number of hydrogen-bond acceptors (Lipinski definition) is 2. The fourth-order valence-corrected chi connectivity index (χ4v) is 3.07. The van der Waals surface area contributed by atoms with E-state index in [0.717, 1.165) is 38.6 Å². The molecule has 2 amide bonds. The highest BCUT2D eigenvalue weighted by Crippen LogP contribution is 2.40. The van der Waals surface area contributed by atoms with Crippen LogP contribution >= 0.6 is 0 Å². The molecule has 1 rings (SSSR count). The van der Waals surface area contributed by atoms with E-state index in [1.165, 1.54) is 25.7 Å². The SMILES string of the molecule is CCC1(CNC(=O)NCCCCCCC(=O)O)CCCC1. The standard InChI is InChI=1S/C16H30N2O3/c1-2-16(10-6-7-11-16)13-18-15(21)17-12-8-4-3-5-9-14(19)20/h2-13H2,1H3,(H,19,20)(H2,17,18,21). The quantitative estimate of drug-likeness (QED) is 0.541. The van der Waals surface area contributed by atoms with Crippen molar-refractivity contribution in [1.29, 1.82) is 0 Å². The van der Waals surface area contributed by atoms with E-state index in [1.54, 1.807) is 0 Å². The van der Waals surface area contributed by atoms with Gasteiger partial charge < -0.3 is 15.7 Å². The third-order valence-electron chi connectivity index (χ3n) is 4.64. The van der Waals surface area contributed by atoms with Gasteiger partial charge in [0.2, 0.25) is 0 Å². The molecular weight excluding hydrogens is 268 g/mol. The van der Waals surface area contributed by atoms with Gasteiger partial charge in [-0.25, -0.2) is 4.79 Å². The number of aliphatic carboxylic acids is 1. The Morgan fingerprint density at radius 1 is 1.05 bits per heavy atom. The number of carbonyl (C=O) groups is 2. The number of urea groups is 1. The zero-order valence-corrected chi connectivity index (χ0v) is 13.2. The third kappa shape index (κ3) is 7.34. The molecule has 5 nitrogen and oxygen atoms in total. The molecule has 21 heavy (non-hydrogen) atoms. The van der Waals surface area contributed by atoms with Crippen molar-refractivity contribution in [2.75, 3.05) is 13.1 Å². The van der Waals surface area contributed by atoms with Crippen LogP contribution in [-0.4, -0.2) is 30.2 Å². The van der Waals surface area contributed by atoms with E-state index in [9.17, 15) is 9.59 Å². The summed E-state index contributed by atoms with van der Waals surface area (Å²) in [6.07, 6.45) is 9.92. The zero-order chi connectivity index (χ0) is 15.6. The van der Waals surface area contributed by atoms with Crippen molar-refractivity contribution in [2.24, 2.45) is 5.41 Å². The number of carboxylic acids is 1. The summed E-state index contributed by atoms with van der Waals surface area (Å²) in [7, 11) is 0. The first-order valence-corrected chi connectivity index (χ1v) is 8.31. The first-order valence-electron chi connectivity index (χ1n) is 8.31. The smallest absolute Gasteiger partial charge is 0.314 e. The molecule has 0 aromatic carbocycles. The number of unbranched alkanes of at least 4 members (excludes halogenated alkanes) is 3. The van der Waals surface area contributed by atoms with Gasteiger partial charge in [-0.15, -0.1) is 0 Å². The molecule has 1 aliphatic carbocycles. The van der Waals surface area contributed by atoms with Crippen LogP contribution in [-0.2, 0) is 4.79 Å². The molecule has 0 bridgehead atoms. The topological polar surface area (TPSA) is 78.4 Å². The molecule has 3 N–H and O–H groups in total. The maximum absolute atomic E-state index is 11.7. The molecule has 0 aliphatic heterocycles. The van der Waals surface area contributed by atoms with E-state index < -0.39 is 5.97 Å². The molecular formula is C16H30N2O3. The molecule has 1 aliphatic rings. The minimum Gasteiger partial charge on any atom is -0.481 e. The number of carboxylic acid groups (broad SMARTS) is 1. The van der Waals surface area contributed by atoms with E-state index in [2.05, 4.69) is 17.6 Å². The second-order valence-corrected chi connectivity index (χ2v) is 6.23. The highest BCUT2D eigenvalue weighted by molar-refractivity contribution is 5.73. The Labute approximate surface area is 127 Å². The highest BCUT2D eigenvalue weighted by atomic mass is 16.4. The second kappa shape index (κ2) is 9.64. The molecule has 0 atom stereocenters. The van der Waals surface area contributed by atoms with Crippen LogP contribution in [0, 0.1) is 5.41 Å². The van der Waals surface area contributed by atoms with Gasteiger partial charge in [0.1, 0.15) is 0 Å². The highest BCUT2D eigenvalue weighted by Gasteiger charge is 2.32. The predicted molar refractivity (Wildman–Crippen MR) is 83.3 cm³/mol. The Bertz CT molecular complexity index is 325. The van der Waals surface area contributed by atoms with Crippen molar-refractivity contribution >= 4 is 12.0 Å². The normalized spacial score (nSPS) is 16.6. The Kier molecular flexibility index (Phi) is 8.16. The van der Waals surface area contributed by atoms with Crippen LogP contribution < -0.4 is 10.6 Å². The van der Waals surface area contributed by atoms with E-state index in [-0.39, 0.29) is 12.5 Å². The lowest BCUT2D eigenvalue weighted by Crippen LogP contribution is -2.41. The summed E-state index contributed by atoms with van der Waals surface area (Å²) in [4.78, 5) is 22.1. The van der Waals surface area contributed by atoms with Crippen LogP contribution in [0.5, 0.6) is 0 Å². The zero-order valence-electron chi connectivity index (χ0n) is 13.2. The number of carbonyl (C=O) groups excluding carboxylic acids is 1. The Balaban J connectivity index is 2.00. The summed E-state index contributed by atoms with van der Waals surface area (Å²) >= 11 is 0. The minimum absolute atomic E-state index is 0.0692. The number of amides is 2. The fraction of sp³-hybridized carbons (Fsp3) is 0.875. The predicted octanol–water partition coefficient (Wildman–Crippen LogP) is 3.29. The first-order chi connectivity index (χ1) is 10.1. The summed E-state index contributed by atoms with van der Waals surface area (Å²) in [6.45, 7) is 3.66. The molecule has 5 heteroatoms. The van der Waals surface area contributed by atoms with Gasteiger partial charge in [-0.2, -0.15) is 0 Å². The number of rotatable bonds is 10. The molecule has 0 saturated heterocycles. The number of nitrogens with one attached hydrogen (secondary N) is 2. The van der Waals surface area contributed by atoms with Crippen LogP contribution in [0.3, 0.4) is 0 Å². The molecule has 0 aromatic rings. The summed E-state index contributed by atoms with van der Waals surface area (Å²) in [5.74, 6) is -0.732. The van der Waals surface area contributed by atoms with Crippen molar-refractivity contribution in [2.45, 2.75) is 71.1 Å². The van der Waals surface area contributed by atoms with Gasteiger partial charge in [-0.05, 0) is 37.5 Å². The van der Waals surface area contributed by atoms with Gasteiger partial charge >= 0.3 is 12.0 Å². The van der Waals surface area contributed by atoms with E-state index in [4.69, 9.17) is 5.11 Å². The summed E-state index contributed by atoms with van der Waals surface area (Å²) < 4.78 is 0. The Morgan fingerprint density at radius 3 is 2.33 bits per heavy atom. The molecule has 0 heterocycles. The minimum atomic E-state index is -0.732. The van der Waals surface area contributed by atoms with Gasteiger partial charge in [0.15, 0.2) is 0 Å². The third-order valence-corrected chi connectivity index (χ3v) is 4.64. The van der Waals surface area contributed by atoms with E-state index >= 15 is 0 Å². The van der Waals surface area contributed by atoms with Crippen molar-refractivity contribution in [1.82, 2.24) is 10.6 Å². The molecule has 1 saturated carbocycles. The lowest BCUT2D eigenvalue weighted by Gasteiger charge is -2.27. The van der Waals surface area contributed by atoms with E-state index in [0.29, 0.717) is 12.0 Å². The van der Waals surface area contributed by atoms with Crippen LogP contribution in [0.1, 0.15) is 71.1 Å². The average Bonchev–Trinajstić information content (AvgIpc) is 2.93. The molecule has 0 unspecified atom stereocenters. The van der Waals surface area contributed by atoms with Crippen LogP contribution in [0.2, 0.25) is 0 Å². The monoisotopic (exact) mass is 298 g/mol. The van der Waals surface area contributed by atoms with Crippen molar-refractivity contribution in [3.63, 3.8) is 0 Å². The van der Waals surface area contributed by atoms with Crippen molar-refractivity contribution in [3.8, 4) is 0 Å². The number of hydrogen-bond donors (Lipinski definition) is 3. The molecule has 1 fully saturated rings. The van der Waals surface area contributed by atoms with Crippen molar-refractivity contribution in [3.05, 3.63) is 0 Å². The first kappa shape index (κ1) is 17.8.